The van der Waals surface area contributed by atoms with Crippen LogP contribution in [0.15, 0.2) is 22.7 Å². The Morgan fingerprint density at radius 2 is 2.30 bits per heavy atom. The van der Waals surface area contributed by atoms with Gasteiger partial charge in [0.1, 0.15) is 0 Å². The van der Waals surface area contributed by atoms with Gasteiger partial charge in [0.15, 0.2) is 0 Å². The van der Waals surface area contributed by atoms with Crippen molar-refractivity contribution < 1.29 is 9.45 Å². The fraction of sp³-hybridized carbons (Fsp3) is 0.385. The number of nitrogens with one attached hydrogen (secondary N) is 1. The van der Waals surface area contributed by atoms with Gasteiger partial charge in [-0.2, -0.15) is 4.98 Å². The molecule has 1 fully saturated rings. The minimum atomic E-state index is -0.432. The van der Waals surface area contributed by atoms with E-state index in [1.54, 1.807) is 6.07 Å². The van der Waals surface area contributed by atoms with Crippen molar-refractivity contribution in [1.29, 1.82) is 0 Å². The summed E-state index contributed by atoms with van der Waals surface area (Å²) in [7, 11) is 0. The summed E-state index contributed by atoms with van der Waals surface area (Å²) in [6.07, 6.45) is 2.37. The van der Waals surface area contributed by atoms with Crippen LogP contribution in [0, 0.1) is 17.0 Å². The van der Waals surface area contributed by atoms with E-state index < -0.39 is 4.92 Å². The molecule has 104 valence electrons. The van der Waals surface area contributed by atoms with Gasteiger partial charge in [0.05, 0.1) is 11.5 Å². The Hall–Kier alpha value is -2.28. The molecule has 1 aliphatic rings. The number of aromatic nitrogens is 2. The van der Waals surface area contributed by atoms with Crippen molar-refractivity contribution in [2.75, 3.05) is 0 Å². The highest BCUT2D eigenvalue weighted by Crippen LogP contribution is 2.25. The SMILES string of the molecule is Cc1ccc([N+](=O)[O-])cc1-c1noc(CNC2CC2)n1. The van der Waals surface area contributed by atoms with Gasteiger partial charge in [0.2, 0.25) is 11.7 Å². The van der Waals surface area contributed by atoms with Crippen LogP contribution < -0.4 is 5.32 Å². The van der Waals surface area contributed by atoms with E-state index in [4.69, 9.17) is 4.52 Å². The molecule has 3 rings (SSSR count). The van der Waals surface area contributed by atoms with E-state index in [-0.39, 0.29) is 5.69 Å². The first-order valence-corrected chi connectivity index (χ1v) is 6.45. The predicted octanol–water partition coefficient (Wildman–Crippen LogP) is 2.21. The quantitative estimate of drug-likeness (QED) is 0.663. The predicted molar refractivity (Wildman–Crippen MR) is 71.0 cm³/mol. The molecule has 0 radical (unpaired) electrons. The second-order valence-electron chi connectivity index (χ2n) is 4.92. The van der Waals surface area contributed by atoms with Crippen LogP contribution in [0.2, 0.25) is 0 Å². The first-order valence-electron chi connectivity index (χ1n) is 6.45. The number of hydrogen-bond donors (Lipinski definition) is 1. The van der Waals surface area contributed by atoms with E-state index in [0.717, 1.165) is 5.56 Å². The van der Waals surface area contributed by atoms with Gasteiger partial charge in [-0.3, -0.25) is 10.1 Å². The summed E-state index contributed by atoms with van der Waals surface area (Å²) in [5, 5.41) is 18.0. The molecule has 1 aromatic carbocycles. The Morgan fingerprint density at radius 1 is 1.50 bits per heavy atom. The molecular weight excluding hydrogens is 260 g/mol. The summed E-state index contributed by atoms with van der Waals surface area (Å²) in [5.74, 6) is 0.886. The van der Waals surface area contributed by atoms with Gasteiger partial charge in [0.25, 0.3) is 5.69 Å². The van der Waals surface area contributed by atoms with Crippen LogP contribution in [-0.2, 0) is 6.54 Å². The monoisotopic (exact) mass is 274 g/mol. The van der Waals surface area contributed by atoms with E-state index in [1.165, 1.54) is 25.0 Å². The van der Waals surface area contributed by atoms with E-state index in [1.807, 2.05) is 6.92 Å². The molecule has 20 heavy (non-hydrogen) atoms. The molecule has 1 heterocycles. The number of non-ortho nitro benzene ring substituents is 1. The zero-order valence-electron chi connectivity index (χ0n) is 11.0. The van der Waals surface area contributed by atoms with Gasteiger partial charge in [-0.1, -0.05) is 11.2 Å². The molecule has 0 aliphatic heterocycles. The average molecular weight is 274 g/mol. The van der Waals surface area contributed by atoms with Crippen LogP contribution >= 0.6 is 0 Å². The molecule has 0 amide bonds. The van der Waals surface area contributed by atoms with Crippen LogP contribution in [0.3, 0.4) is 0 Å². The highest BCUT2D eigenvalue weighted by Gasteiger charge is 2.21. The highest BCUT2D eigenvalue weighted by molar-refractivity contribution is 5.63. The molecule has 0 bridgehead atoms. The Kier molecular flexibility index (Phi) is 3.19. The first kappa shape index (κ1) is 12.7. The van der Waals surface area contributed by atoms with Crippen molar-refractivity contribution in [3.63, 3.8) is 0 Å². The van der Waals surface area contributed by atoms with Gasteiger partial charge >= 0.3 is 0 Å². The molecule has 7 nitrogen and oxygen atoms in total. The summed E-state index contributed by atoms with van der Waals surface area (Å²) in [4.78, 5) is 14.7. The van der Waals surface area contributed by atoms with Gasteiger partial charge in [-0.05, 0) is 25.3 Å². The van der Waals surface area contributed by atoms with Crippen molar-refractivity contribution >= 4 is 5.69 Å². The Labute approximate surface area is 115 Å². The first-order chi connectivity index (χ1) is 9.63. The molecule has 0 spiro atoms. The number of nitro benzene ring substituents is 1. The van der Waals surface area contributed by atoms with E-state index in [2.05, 4.69) is 15.5 Å². The third kappa shape index (κ3) is 2.67. The van der Waals surface area contributed by atoms with Gasteiger partial charge in [0, 0.05) is 23.7 Å². The number of nitro groups is 1. The lowest BCUT2D eigenvalue weighted by molar-refractivity contribution is -0.384. The average Bonchev–Trinajstić information content (AvgIpc) is 3.14. The lowest BCUT2D eigenvalue weighted by Crippen LogP contribution is -2.15. The minimum Gasteiger partial charge on any atom is -0.338 e. The lowest BCUT2D eigenvalue weighted by atomic mass is 10.1. The number of aryl methyl sites for hydroxylation is 1. The smallest absolute Gasteiger partial charge is 0.270 e. The van der Waals surface area contributed by atoms with E-state index in [9.17, 15) is 10.1 Å². The molecule has 7 heteroatoms. The molecule has 0 atom stereocenters. The summed E-state index contributed by atoms with van der Waals surface area (Å²) in [6.45, 7) is 2.39. The fourth-order valence-electron chi connectivity index (χ4n) is 1.92. The molecule has 0 saturated heterocycles. The number of rotatable bonds is 5. The van der Waals surface area contributed by atoms with Crippen LogP contribution in [0.4, 0.5) is 5.69 Å². The van der Waals surface area contributed by atoms with Crippen molar-refractivity contribution in [1.82, 2.24) is 15.5 Å². The second-order valence-corrected chi connectivity index (χ2v) is 4.92. The number of benzene rings is 1. The van der Waals surface area contributed by atoms with E-state index >= 15 is 0 Å². The zero-order chi connectivity index (χ0) is 14.1. The van der Waals surface area contributed by atoms with Crippen molar-refractivity contribution in [2.24, 2.45) is 0 Å². The third-order valence-electron chi connectivity index (χ3n) is 3.26. The molecule has 1 aliphatic carbocycles. The number of nitrogens with zero attached hydrogens (tertiary/aromatic N) is 3. The van der Waals surface area contributed by atoms with Crippen LogP contribution in [0.25, 0.3) is 11.4 Å². The maximum Gasteiger partial charge on any atom is 0.270 e. The lowest BCUT2D eigenvalue weighted by Gasteiger charge is -2.00. The molecular formula is C13H14N4O3. The minimum absolute atomic E-state index is 0.0213. The largest absolute Gasteiger partial charge is 0.338 e. The summed E-state index contributed by atoms with van der Waals surface area (Å²) >= 11 is 0. The Morgan fingerprint density at radius 3 is 3.00 bits per heavy atom. The Balaban J connectivity index is 1.83. The molecule has 1 N–H and O–H groups in total. The topological polar surface area (TPSA) is 94.1 Å². The maximum atomic E-state index is 10.8. The fourth-order valence-corrected chi connectivity index (χ4v) is 1.92. The van der Waals surface area contributed by atoms with Crippen molar-refractivity contribution in [3.8, 4) is 11.4 Å². The standard InChI is InChI=1S/C13H14N4O3/c1-8-2-5-10(17(18)19)6-11(8)13-15-12(20-16-13)7-14-9-3-4-9/h2,5-6,9,14H,3-4,7H2,1H3. The molecule has 0 unspecified atom stereocenters. The van der Waals surface area contributed by atoms with Crippen LogP contribution in [0.5, 0.6) is 0 Å². The van der Waals surface area contributed by atoms with Gasteiger partial charge in [-0.25, -0.2) is 0 Å². The van der Waals surface area contributed by atoms with Gasteiger partial charge in [-0.15, -0.1) is 0 Å². The number of hydrogen-bond acceptors (Lipinski definition) is 6. The third-order valence-corrected chi connectivity index (χ3v) is 3.26. The molecule has 1 saturated carbocycles. The normalized spacial score (nSPS) is 14.4. The van der Waals surface area contributed by atoms with E-state index in [0.29, 0.717) is 29.9 Å². The zero-order valence-corrected chi connectivity index (χ0v) is 11.0. The van der Waals surface area contributed by atoms with Crippen LogP contribution in [-0.4, -0.2) is 21.1 Å². The second kappa shape index (κ2) is 5.01. The maximum absolute atomic E-state index is 10.8. The highest BCUT2D eigenvalue weighted by atomic mass is 16.6. The van der Waals surface area contributed by atoms with Crippen molar-refractivity contribution in [2.45, 2.75) is 32.4 Å². The summed E-state index contributed by atoms with van der Waals surface area (Å²) in [6, 6.07) is 5.18. The molecule has 2 aromatic rings. The summed E-state index contributed by atoms with van der Waals surface area (Å²) < 4.78 is 5.16. The van der Waals surface area contributed by atoms with Crippen molar-refractivity contribution in [3.05, 3.63) is 39.8 Å². The summed E-state index contributed by atoms with van der Waals surface area (Å²) in [5.41, 5.74) is 1.52. The Bertz CT molecular complexity index is 649. The van der Waals surface area contributed by atoms with Crippen LogP contribution in [0.1, 0.15) is 24.3 Å². The van der Waals surface area contributed by atoms with Gasteiger partial charge < -0.3 is 9.84 Å². The molecule has 1 aromatic heterocycles.